The van der Waals surface area contributed by atoms with Gasteiger partial charge in [-0.2, -0.15) is 9.78 Å². The van der Waals surface area contributed by atoms with Crippen molar-refractivity contribution in [1.82, 2.24) is 9.66 Å². The van der Waals surface area contributed by atoms with Crippen molar-refractivity contribution in [3.63, 3.8) is 0 Å². The molecule has 0 bridgehead atoms. The molecular weight excluding hydrogens is 676 g/mol. The van der Waals surface area contributed by atoms with Crippen LogP contribution in [0.15, 0.2) is 97.7 Å². The normalized spacial score (nSPS) is 12.1. The van der Waals surface area contributed by atoms with Crippen LogP contribution in [-0.2, 0) is 0 Å². The molecule has 0 atom stereocenters. The number of nitro groups is 1. The van der Waals surface area contributed by atoms with E-state index in [2.05, 4.69) is 41.9 Å². The molecule has 11 nitrogen and oxygen atoms in total. The topological polar surface area (TPSA) is 135 Å². The Kier molecular flexibility index (Phi) is 7.27. The summed E-state index contributed by atoms with van der Waals surface area (Å²) in [5.41, 5.74) is 0.909. The van der Waals surface area contributed by atoms with Crippen molar-refractivity contribution in [2.24, 2.45) is 5.10 Å². The van der Waals surface area contributed by atoms with Gasteiger partial charge >= 0.3 is 5.97 Å². The van der Waals surface area contributed by atoms with E-state index in [1.54, 1.807) is 48.5 Å². The van der Waals surface area contributed by atoms with Crippen molar-refractivity contribution in [3.05, 3.63) is 119 Å². The predicted octanol–water partition coefficient (Wildman–Crippen LogP) is 6.33. The molecule has 0 unspecified atom stereocenters. The molecule has 5 aromatic rings. The minimum atomic E-state index is -0.651. The number of aromatic nitrogens is 2. The van der Waals surface area contributed by atoms with Gasteiger partial charge in [-0.1, -0.05) is 28.1 Å². The van der Waals surface area contributed by atoms with Gasteiger partial charge in [0.15, 0.2) is 23.1 Å². The van der Waals surface area contributed by atoms with E-state index in [0.29, 0.717) is 42.5 Å². The van der Waals surface area contributed by atoms with Crippen molar-refractivity contribution in [3.8, 4) is 28.6 Å². The van der Waals surface area contributed by atoms with Crippen LogP contribution in [0.4, 0.5) is 5.69 Å². The molecule has 0 saturated heterocycles. The predicted molar refractivity (Wildman–Crippen MR) is 160 cm³/mol. The standard InChI is InChI=1S/C29H16Br2N4O7/c30-19-11-18(26(22(31)13-19)42-29(37)17-7-10-24-25(12-17)41-15-40-24)14-32-34-27(16-5-8-20(9-6-16)35(38)39)33-23-4-2-1-3-21(23)28(34)36/h1-14H,15H2. The van der Waals surface area contributed by atoms with E-state index in [-0.39, 0.29) is 29.6 Å². The van der Waals surface area contributed by atoms with Gasteiger partial charge in [-0.3, -0.25) is 14.9 Å². The zero-order valence-corrected chi connectivity index (χ0v) is 24.4. The van der Waals surface area contributed by atoms with Gasteiger partial charge in [0.05, 0.1) is 32.1 Å². The maximum Gasteiger partial charge on any atom is 0.343 e. The summed E-state index contributed by atoms with van der Waals surface area (Å²) < 4.78 is 18.6. The Bertz CT molecular complexity index is 1990. The van der Waals surface area contributed by atoms with Crippen molar-refractivity contribution >= 4 is 60.6 Å². The van der Waals surface area contributed by atoms with E-state index in [1.807, 2.05) is 0 Å². The summed E-state index contributed by atoms with van der Waals surface area (Å²) in [7, 11) is 0. The largest absolute Gasteiger partial charge is 0.454 e. The first-order chi connectivity index (χ1) is 20.3. The van der Waals surface area contributed by atoms with Crippen LogP contribution in [0.25, 0.3) is 22.3 Å². The van der Waals surface area contributed by atoms with Crippen molar-refractivity contribution in [1.29, 1.82) is 0 Å². The lowest BCUT2D eigenvalue weighted by molar-refractivity contribution is -0.384. The summed E-state index contributed by atoms with van der Waals surface area (Å²) in [6.45, 7) is 0.0670. The Hall–Kier alpha value is -4.88. The summed E-state index contributed by atoms with van der Waals surface area (Å²) in [4.78, 5) is 41.9. The average molecular weight is 692 g/mol. The monoisotopic (exact) mass is 690 g/mol. The Morgan fingerprint density at radius 1 is 1.02 bits per heavy atom. The fraction of sp³-hybridized carbons (Fsp3) is 0.0345. The van der Waals surface area contributed by atoms with Gasteiger partial charge in [-0.25, -0.2) is 9.78 Å². The minimum absolute atomic E-state index is 0.0670. The summed E-state index contributed by atoms with van der Waals surface area (Å²) in [5.74, 6) is 0.633. The Morgan fingerprint density at radius 3 is 2.57 bits per heavy atom. The number of fused-ring (bicyclic) bond motifs is 2. The molecule has 2 heterocycles. The molecule has 0 radical (unpaired) electrons. The SMILES string of the molecule is O=C(Oc1c(Br)cc(Br)cc1C=Nn1c(-c2ccc([N+](=O)[O-])cc2)nc2ccccc2c1=O)c1ccc2c(c1)OCO2. The Labute approximate surface area is 253 Å². The molecule has 1 aliphatic heterocycles. The van der Waals surface area contributed by atoms with E-state index in [9.17, 15) is 19.7 Å². The number of esters is 1. The van der Waals surface area contributed by atoms with Crippen LogP contribution in [-0.4, -0.2) is 33.6 Å². The molecule has 0 saturated carbocycles. The molecule has 42 heavy (non-hydrogen) atoms. The number of carbonyl (C=O) groups is 1. The molecule has 208 valence electrons. The molecule has 0 N–H and O–H groups in total. The second kappa shape index (κ2) is 11.2. The summed E-state index contributed by atoms with van der Waals surface area (Å²) >= 11 is 6.88. The quantitative estimate of drug-likeness (QED) is 0.0663. The van der Waals surface area contributed by atoms with Crippen LogP contribution >= 0.6 is 31.9 Å². The van der Waals surface area contributed by atoms with Crippen LogP contribution in [0.1, 0.15) is 15.9 Å². The molecule has 0 spiro atoms. The second-order valence-corrected chi connectivity index (χ2v) is 10.7. The Morgan fingerprint density at radius 2 is 1.79 bits per heavy atom. The van der Waals surface area contributed by atoms with Crippen LogP contribution in [0.2, 0.25) is 0 Å². The van der Waals surface area contributed by atoms with Gasteiger partial charge in [0.25, 0.3) is 11.2 Å². The molecule has 0 amide bonds. The van der Waals surface area contributed by atoms with Crippen molar-refractivity contribution < 1.29 is 23.9 Å². The van der Waals surface area contributed by atoms with Crippen LogP contribution in [0, 0.1) is 10.1 Å². The number of halogens is 2. The molecular formula is C29H16Br2N4O7. The third-order valence-corrected chi connectivity index (χ3v) is 7.29. The number of para-hydroxylation sites is 1. The number of hydrogen-bond acceptors (Lipinski definition) is 9. The van der Waals surface area contributed by atoms with E-state index >= 15 is 0 Å². The number of hydrogen-bond donors (Lipinski definition) is 0. The number of rotatable bonds is 6. The number of ether oxygens (including phenoxy) is 3. The molecule has 4 aromatic carbocycles. The number of carbonyl (C=O) groups excluding carboxylic acids is 1. The first kappa shape index (κ1) is 27.3. The lowest BCUT2D eigenvalue weighted by Crippen LogP contribution is -2.20. The van der Waals surface area contributed by atoms with Crippen molar-refractivity contribution in [2.45, 2.75) is 0 Å². The van der Waals surface area contributed by atoms with Gasteiger partial charge in [0.1, 0.15) is 0 Å². The van der Waals surface area contributed by atoms with Crippen LogP contribution in [0.5, 0.6) is 17.2 Å². The summed E-state index contributed by atoms with van der Waals surface area (Å²) in [5, 5.41) is 15.9. The first-order valence-electron chi connectivity index (χ1n) is 12.2. The highest BCUT2D eigenvalue weighted by Gasteiger charge is 2.20. The highest BCUT2D eigenvalue weighted by Crippen LogP contribution is 2.35. The minimum Gasteiger partial charge on any atom is -0.454 e. The lowest BCUT2D eigenvalue weighted by atomic mass is 10.1. The van der Waals surface area contributed by atoms with Gasteiger partial charge in [0, 0.05) is 27.7 Å². The maximum atomic E-state index is 13.6. The highest BCUT2D eigenvalue weighted by atomic mass is 79.9. The molecule has 1 aromatic heterocycles. The van der Waals surface area contributed by atoms with Gasteiger partial charge in [-0.05, 0) is 70.5 Å². The van der Waals surface area contributed by atoms with Crippen molar-refractivity contribution in [2.75, 3.05) is 6.79 Å². The number of non-ortho nitro benzene ring substituents is 1. The zero-order chi connectivity index (χ0) is 29.4. The average Bonchev–Trinajstić information content (AvgIpc) is 3.46. The lowest BCUT2D eigenvalue weighted by Gasteiger charge is -2.12. The molecule has 0 fully saturated rings. The third-order valence-electron chi connectivity index (χ3n) is 6.24. The Balaban J connectivity index is 1.43. The smallest absolute Gasteiger partial charge is 0.343 e. The first-order valence-corrected chi connectivity index (χ1v) is 13.8. The number of benzene rings is 4. The van der Waals surface area contributed by atoms with E-state index in [0.717, 1.165) is 4.68 Å². The van der Waals surface area contributed by atoms with Gasteiger partial charge in [-0.15, -0.1) is 0 Å². The molecule has 6 rings (SSSR count). The van der Waals surface area contributed by atoms with Gasteiger partial charge < -0.3 is 14.2 Å². The van der Waals surface area contributed by atoms with Gasteiger partial charge in [0.2, 0.25) is 6.79 Å². The van der Waals surface area contributed by atoms with E-state index in [1.165, 1.54) is 36.5 Å². The van der Waals surface area contributed by atoms with E-state index < -0.39 is 16.5 Å². The van der Waals surface area contributed by atoms with Crippen LogP contribution < -0.4 is 19.8 Å². The number of nitro benzene ring substituents is 1. The fourth-order valence-electron chi connectivity index (χ4n) is 4.23. The third kappa shape index (κ3) is 5.27. The molecule has 0 aliphatic carbocycles. The summed E-state index contributed by atoms with van der Waals surface area (Å²) in [6, 6.07) is 20.5. The zero-order valence-electron chi connectivity index (χ0n) is 21.2. The molecule has 13 heteroatoms. The van der Waals surface area contributed by atoms with Crippen LogP contribution in [0.3, 0.4) is 0 Å². The number of nitrogens with zero attached hydrogens (tertiary/aromatic N) is 4. The maximum absolute atomic E-state index is 13.6. The second-order valence-electron chi connectivity index (χ2n) is 8.88. The van der Waals surface area contributed by atoms with E-state index in [4.69, 9.17) is 14.2 Å². The highest BCUT2D eigenvalue weighted by molar-refractivity contribution is 9.11. The fourth-order valence-corrected chi connectivity index (χ4v) is 5.57. The summed E-state index contributed by atoms with van der Waals surface area (Å²) in [6.07, 6.45) is 1.37. The molecule has 1 aliphatic rings.